The molecule has 0 aliphatic heterocycles. The standard InChI is InChI=1S/C88H51N5S3/c1-7-25-75-62(19-1)68-45-54(57-34-40-84-71(48-57)65-22-4-10-28-81(65)94-84)31-37-78(68)91(75)61-18-14-16-53(44-61)52-15-13-17-60(43-52)74-51-87(92-76-26-8-2-20-63(76)69-46-55(32-38-79(69)92)58-35-41-85-72(49-58)66-23-5-11-29-82(66)95-85)90-88(89-74)93-77-27-9-3-21-64(77)70-47-56(33-39-80(70)93)59-36-42-86-73(50-59)67-24-6-12-30-83(67)96-86/h1-51H. The summed E-state index contributed by atoms with van der Waals surface area (Å²) in [6.07, 6.45) is 0. The van der Waals surface area contributed by atoms with Gasteiger partial charge in [-0.3, -0.25) is 9.13 Å². The van der Waals surface area contributed by atoms with Gasteiger partial charge in [0, 0.05) is 110 Å². The van der Waals surface area contributed by atoms with E-state index >= 15 is 0 Å². The van der Waals surface area contributed by atoms with E-state index in [0.717, 1.165) is 83.1 Å². The van der Waals surface area contributed by atoms with E-state index in [9.17, 15) is 0 Å². The Labute approximate surface area is 562 Å². The van der Waals surface area contributed by atoms with Gasteiger partial charge >= 0.3 is 0 Å². The van der Waals surface area contributed by atoms with E-state index in [1.54, 1.807) is 0 Å². The lowest BCUT2D eigenvalue weighted by Gasteiger charge is -2.15. The quantitative estimate of drug-likeness (QED) is 0.152. The molecule has 0 saturated carbocycles. The Hall–Kier alpha value is -11.8. The third kappa shape index (κ3) is 8.26. The second kappa shape index (κ2) is 20.9. The van der Waals surface area contributed by atoms with Crippen molar-refractivity contribution in [2.75, 3.05) is 0 Å². The Bertz CT molecular complexity index is 6620. The molecule has 0 amide bonds. The molecule has 0 bridgehead atoms. The van der Waals surface area contributed by atoms with Crippen LogP contribution in [0.1, 0.15) is 0 Å². The van der Waals surface area contributed by atoms with Crippen LogP contribution in [0.4, 0.5) is 0 Å². The molecule has 21 rings (SSSR count). The molecule has 5 nitrogen and oxygen atoms in total. The van der Waals surface area contributed by atoms with Gasteiger partial charge in [0.05, 0.1) is 38.8 Å². The second-order valence-electron chi connectivity index (χ2n) is 25.2. The molecule has 0 unspecified atom stereocenters. The number of benzene rings is 14. The highest BCUT2D eigenvalue weighted by atomic mass is 32.1. The fraction of sp³-hybridized carbons (Fsp3) is 0. The number of para-hydroxylation sites is 3. The van der Waals surface area contributed by atoms with Crippen molar-refractivity contribution in [1.82, 2.24) is 23.7 Å². The van der Waals surface area contributed by atoms with Crippen LogP contribution in [-0.4, -0.2) is 23.7 Å². The summed E-state index contributed by atoms with van der Waals surface area (Å²) in [7, 11) is 0. The normalized spacial score (nSPS) is 12.2. The first-order valence-corrected chi connectivity index (χ1v) is 34.9. The van der Waals surface area contributed by atoms with Crippen LogP contribution in [0.3, 0.4) is 0 Å². The van der Waals surface area contributed by atoms with Gasteiger partial charge < -0.3 is 4.57 Å². The maximum Gasteiger partial charge on any atom is 0.237 e. The van der Waals surface area contributed by atoms with Gasteiger partial charge in [0.15, 0.2) is 0 Å². The summed E-state index contributed by atoms with van der Waals surface area (Å²) < 4.78 is 14.9. The van der Waals surface area contributed by atoms with Crippen LogP contribution in [0.5, 0.6) is 0 Å². The Balaban J connectivity index is 0.722. The van der Waals surface area contributed by atoms with Crippen LogP contribution in [0.25, 0.3) is 199 Å². The van der Waals surface area contributed by atoms with E-state index in [-0.39, 0.29) is 0 Å². The lowest BCUT2D eigenvalue weighted by atomic mass is 10.0. The molecule has 21 aromatic rings. The van der Waals surface area contributed by atoms with Crippen molar-refractivity contribution in [3.05, 3.63) is 309 Å². The second-order valence-corrected chi connectivity index (χ2v) is 28.5. The van der Waals surface area contributed by atoms with Crippen molar-refractivity contribution in [3.8, 4) is 73.2 Å². The summed E-state index contributed by atoms with van der Waals surface area (Å²) in [5.41, 5.74) is 18.8. The number of nitrogens with zero attached hydrogens (tertiary/aromatic N) is 5. The highest BCUT2D eigenvalue weighted by Crippen LogP contribution is 2.45. The van der Waals surface area contributed by atoms with Gasteiger partial charge in [0.2, 0.25) is 5.95 Å². The van der Waals surface area contributed by atoms with E-state index in [4.69, 9.17) is 9.97 Å². The van der Waals surface area contributed by atoms with Crippen LogP contribution in [0.2, 0.25) is 0 Å². The van der Waals surface area contributed by atoms with Gasteiger partial charge in [0.1, 0.15) is 5.82 Å². The molecule has 0 radical (unpaired) electrons. The third-order valence-electron chi connectivity index (χ3n) is 19.9. The zero-order chi connectivity index (χ0) is 62.7. The van der Waals surface area contributed by atoms with E-state index in [1.807, 2.05) is 34.0 Å². The van der Waals surface area contributed by atoms with Crippen LogP contribution in [0.15, 0.2) is 309 Å². The highest BCUT2D eigenvalue weighted by molar-refractivity contribution is 7.26. The third-order valence-corrected chi connectivity index (χ3v) is 23.3. The SMILES string of the molecule is c1cc(-c2cccc(-n3c4ccccc4c4cc(-c5ccc6sc7ccccc7c6c5)ccc43)c2)cc(-c2cc(-n3c4ccccc4c4cc(-c5ccc6sc7ccccc7c6c5)ccc43)nc(-n3c4ccccc4c4cc(-c5ccc6sc7ccccc7c6c5)ccc43)n2)c1. The lowest BCUT2D eigenvalue weighted by Crippen LogP contribution is -2.07. The average Bonchev–Trinajstić information content (AvgIpc) is 1.58. The minimum Gasteiger partial charge on any atom is -0.309 e. The Morgan fingerprint density at radius 1 is 0.198 bits per heavy atom. The van der Waals surface area contributed by atoms with Crippen molar-refractivity contribution in [3.63, 3.8) is 0 Å². The molecule has 0 atom stereocenters. The molecular weight excluding hydrogens is 1220 g/mol. The molecule has 0 saturated heterocycles. The number of fused-ring (bicyclic) bond motifs is 18. The molecule has 7 aromatic heterocycles. The summed E-state index contributed by atoms with van der Waals surface area (Å²) in [5.74, 6) is 1.37. The molecule has 446 valence electrons. The Kier molecular flexibility index (Phi) is 11.7. The predicted molar refractivity (Wildman–Crippen MR) is 411 cm³/mol. The minimum atomic E-state index is 0.592. The summed E-state index contributed by atoms with van der Waals surface area (Å²) >= 11 is 5.57. The zero-order valence-electron chi connectivity index (χ0n) is 51.4. The van der Waals surface area contributed by atoms with Crippen molar-refractivity contribution in [1.29, 1.82) is 0 Å². The van der Waals surface area contributed by atoms with Crippen molar-refractivity contribution in [2.45, 2.75) is 0 Å². The van der Waals surface area contributed by atoms with E-state index in [1.165, 1.54) is 110 Å². The Morgan fingerprint density at radius 2 is 0.531 bits per heavy atom. The van der Waals surface area contributed by atoms with Gasteiger partial charge in [0.25, 0.3) is 0 Å². The molecule has 0 aliphatic carbocycles. The number of hydrogen-bond acceptors (Lipinski definition) is 5. The molecule has 7 heterocycles. The van der Waals surface area contributed by atoms with Crippen molar-refractivity contribution in [2.24, 2.45) is 0 Å². The van der Waals surface area contributed by atoms with Crippen LogP contribution in [0, 0.1) is 0 Å². The maximum atomic E-state index is 5.75. The first kappa shape index (κ1) is 53.7. The first-order chi connectivity index (χ1) is 47.5. The largest absolute Gasteiger partial charge is 0.309 e. The molecule has 8 heteroatoms. The predicted octanol–water partition coefficient (Wildman–Crippen LogP) is 25.2. The molecule has 0 fully saturated rings. The van der Waals surface area contributed by atoms with Crippen molar-refractivity contribution >= 4 is 160 Å². The van der Waals surface area contributed by atoms with Gasteiger partial charge in [-0.1, -0.05) is 176 Å². The van der Waals surface area contributed by atoms with E-state index in [2.05, 4.69) is 323 Å². The van der Waals surface area contributed by atoms with Crippen LogP contribution >= 0.6 is 34.0 Å². The molecule has 0 aliphatic rings. The monoisotopic (exact) mass is 1270 g/mol. The van der Waals surface area contributed by atoms with Gasteiger partial charge in [-0.15, -0.1) is 34.0 Å². The number of rotatable bonds is 8. The summed E-state index contributed by atoms with van der Waals surface area (Å²) in [4.78, 5) is 11.5. The van der Waals surface area contributed by atoms with E-state index < -0.39 is 0 Å². The number of thiophene rings is 3. The molecule has 96 heavy (non-hydrogen) atoms. The molecule has 14 aromatic carbocycles. The average molecular weight is 1270 g/mol. The van der Waals surface area contributed by atoms with Crippen LogP contribution in [-0.2, 0) is 0 Å². The molecule has 0 spiro atoms. The summed E-state index contributed by atoms with van der Waals surface area (Å²) in [6, 6.07) is 114. The fourth-order valence-electron chi connectivity index (χ4n) is 15.4. The zero-order valence-corrected chi connectivity index (χ0v) is 53.9. The minimum absolute atomic E-state index is 0.592. The fourth-order valence-corrected chi connectivity index (χ4v) is 18.6. The maximum absolute atomic E-state index is 5.75. The van der Waals surface area contributed by atoms with Crippen molar-refractivity contribution < 1.29 is 0 Å². The van der Waals surface area contributed by atoms with Gasteiger partial charge in [-0.2, -0.15) is 4.98 Å². The summed E-state index contributed by atoms with van der Waals surface area (Å²) in [5, 5.41) is 14.8. The highest BCUT2D eigenvalue weighted by Gasteiger charge is 2.23. The van der Waals surface area contributed by atoms with Gasteiger partial charge in [-0.05, 0) is 172 Å². The number of aromatic nitrogens is 5. The summed E-state index contributed by atoms with van der Waals surface area (Å²) in [6.45, 7) is 0. The number of hydrogen-bond donors (Lipinski definition) is 0. The topological polar surface area (TPSA) is 40.6 Å². The molecular formula is C88H51N5S3. The van der Waals surface area contributed by atoms with Crippen LogP contribution < -0.4 is 0 Å². The first-order valence-electron chi connectivity index (χ1n) is 32.5. The van der Waals surface area contributed by atoms with Gasteiger partial charge in [-0.25, -0.2) is 4.98 Å². The van der Waals surface area contributed by atoms with E-state index in [0.29, 0.717) is 5.95 Å². The Morgan fingerprint density at radius 3 is 1.02 bits per heavy atom. The smallest absolute Gasteiger partial charge is 0.237 e. The lowest BCUT2D eigenvalue weighted by molar-refractivity contribution is 0.952. The molecule has 0 N–H and O–H groups in total.